The van der Waals surface area contributed by atoms with E-state index in [0.717, 1.165) is 30.9 Å². The van der Waals surface area contributed by atoms with Gasteiger partial charge in [0.05, 0.1) is 26.0 Å². The summed E-state index contributed by atoms with van der Waals surface area (Å²) in [5.74, 6) is 1.44. The van der Waals surface area contributed by atoms with Crippen molar-refractivity contribution in [2.24, 2.45) is 10.1 Å². The van der Waals surface area contributed by atoms with Crippen LogP contribution in [0.25, 0.3) is 0 Å². The van der Waals surface area contributed by atoms with Crippen LogP contribution in [0.5, 0.6) is 6.01 Å². The van der Waals surface area contributed by atoms with E-state index in [1.807, 2.05) is 31.2 Å². The van der Waals surface area contributed by atoms with Crippen molar-refractivity contribution in [2.75, 3.05) is 56.3 Å². The van der Waals surface area contributed by atoms with E-state index in [-0.39, 0.29) is 18.5 Å². The smallest absolute Gasteiger partial charge is 0.320 e. The molecule has 1 aromatic heterocycles. The summed E-state index contributed by atoms with van der Waals surface area (Å²) in [5, 5.41) is 10.6. The summed E-state index contributed by atoms with van der Waals surface area (Å²) in [6.07, 6.45) is 2.53. The zero-order valence-electron chi connectivity index (χ0n) is 20.0. The van der Waals surface area contributed by atoms with E-state index in [1.54, 1.807) is 12.3 Å². The van der Waals surface area contributed by atoms with Gasteiger partial charge in [-0.05, 0) is 24.1 Å². The molecule has 188 valence electrons. The average molecular weight is 503 g/mol. The molecule has 0 spiro atoms. The minimum atomic E-state index is -0.191. The quantitative estimate of drug-likeness (QED) is 0.195. The fourth-order valence-electron chi connectivity index (χ4n) is 3.09. The molecule has 1 saturated heterocycles. The monoisotopic (exact) mass is 502 g/mol. The summed E-state index contributed by atoms with van der Waals surface area (Å²) < 4.78 is 11.2. The molecule has 0 bridgehead atoms. The lowest BCUT2D eigenvalue weighted by Crippen LogP contribution is -2.41. The number of ether oxygens (including phenoxy) is 2. The number of aromatic nitrogens is 2. The standard InChI is InChI=1S/C23H31ClN8O3/c1-3-7-25-22(28-17(2)33)26-8-11-35-23-29-20(15-21(30-23)32-9-12-34-13-10-32)31-27-16-18-5-4-6-19(24)14-18/h4-6,14-16H,3,7-13H2,1-2H3,(H,29,30,31)(H2,25,26,28,33)/b27-16+. The molecular weight excluding hydrogens is 472 g/mol. The fraction of sp³-hybridized carbons (Fsp3) is 0.435. The first-order chi connectivity index (χ1) is 17.0. The molecule has 0 saturated carbocycles. The topological polar surface area (TPSA) is 125 Å². The minimum Gasteiger partial charge on any atom is -0.461 e. The molecule has 0 radical (unpaired) electrons. The molecule has 0 unspecified atom stereocenters. The van der Waals surface area contributed by atoms with Crippen LogP contribution in [0.2, 0.25) is 5.02 Å². The lowest BCUT2D eigenvalue weighted by atomic mass is 10.2. The molecule has 3 rings (SSSR count). The molecule has 1 aromatic carbocycles. The Balaban J connectivity index is 1.65. The summed E-state index contributed by atoms with van der Waals surface area (Å²) >= 11 is 6.03. The number of hydrazone groups is 1. The number of carbonyl (C=O) groups is 1. The van der Waals surface area contributed by atoms with Gasteiger partial charge in [-0.25, -0.2) is 0 Å². The number of nitrogens with zero attached hydrogens (tertiary/aromatic N) is 5. The molecule has 35 heavy (non-hydrogen) atoms. The van der Waals surface area contributed by atoms with Crippen LogP contribution < -0.4 is 25.7 Å². The second kappa shape index (κ2) is 14.1. The van der Waals surface area contributed by atoms with Crippen LogP contribution >= 0.6 is 11.6 Å². The number of aliphatic imine (C=N–C) groups is 1. The first-order valence-corrected chi connectivity index (χ1v) is 11.9. The third-order valence-electron chi connectivity index (χ3n) is 4.68. The Bertz CT molecular complexity index is 1030. The molecule has 3 N–H and O–H groups in total. The van der Waals surface area contributed by atoms with Gasteiger partial charge in [-0.2, -0.15) is 15.1 Å². The van der Waals surface area contributed by atoms with Crippen LogP contribution in [-0.4, -0.2) is 74.0 Å². The number of halogens is 1. The SMILES string of the molecule is CCCN=C(NCCOc1nc(N/N=C/c2cccc(Cl)c2)cc(N2CCOCC2)n1)NC(C)=O. The van der Waals surface area contributed by atoms with Gasteiger partial charge in [0.2, 0.25) is 5.91 Å². The van der Waals surface area contributed by atoms with Crippen LogP contribution in [0.3, 0.4) is 0 Å². The molecule has 2 aromatic rings. The molecule has 12 heteroatoms. The maximum Gasteiger partial charge on any atom is 0.320 e. The van der Waals surface area contributed by atoms with Crippen molar-refractivity contribution in [1.82, 2.24) is 20.6 Å². The highest BCUT2D eigenvalue weighted by Crippen LogP contribution is 2.20. The highest BCUT2D eigenvalue weighted by molar-refractivity contribution is 6.30. The van der Waals surface area contributed by atoms with E-state index >= 15 is 0 Å². The minimum absolute atomic E-state index is 0.191. The molecule has 0 aliphatic carbocycles. The molecule has 1 amide bonds. The summed E-state index contributed by atoms with van der Waals surface area (Å²) in [4.78, 5) is 26.8. The van der Waals surface area contributed by atoms with Crippen molar-refractivity contribution in [2.45, 2.75) is 20.3 Å². The number of morpholine rings is 1. The maximum absolute atomic E-state index is 11.4. The fourth-order valence-corrected chi connectivity index (χ4v) is 3.29. The molecule has 2 heterocycles. The molecule has 1 fully saturated rings. The maximum atomic E-state index is 11.4. The van der Waals surface area contributed by atoms with Crippen LogP contribution in [0.15, 0.2) is 40.4 Å². The Morgan fingerprint density at radius 1 is 1.29 bits per heavy atom. The van der Waals surface area contributed by atoms with E-state index in [9.17, 15) is 4.79 Å². The van der Waals surface area contributed by atoms with E-state index in [4.69, 9.17) is 21.1 Å². The van der Waals surface area contributed by atoms with E-state index in [2.05, 4.69) is 41.0 Å². The number of nitrogens with one attached hydrogen (secondary N) is 3. The lowest BCUT2D eigenvalue weighted by Gasteiger charge is -2.28. The van der Waals surface area contributed by atoms with Gasteiger partial charge < -0.3 is 19.7 Å². The first-order valence-electron chi connectivity index (χ1n) is 11.5. The van der Waals surface area contributed by atoms with Gasteiger partial charge in [0.25, 0.3) is 0 Å². The Morgan fingerprint density at radius 2 is 2.11 bits per heavy atom. The normalized spacial score (nSPS) is 14.1. The van der Waals surface area contributed by atoms with Crippen LogP contribution in [0, 0.1) is 0 Å². The highest BCUT2D eigenvalue weighted by atomic mass is 35.5. The summed E-state index contributed by atoms with van der Waals surface area (Å²) in [6.45, 7) is 7.43. The zero-order valence-corrected chi connectivity index (χ0v) is 20.7. The number of benzene rings is 1. The Hall–Kier alpha value is -3.44. The Kier molecular flexibility index (Phi) is 10.5. The van der Waals surface area contributed by atoms with Crippen molar-refractivity contribution >= 4 is 41.3 Å². The number of anilines is 2. The summed E-state index contributed by atoms with van der Waals surface area (Å²) in [5.41, 5.74) is 3.80. The zero-order chi connectivity index (χ0) is 24.9. The Morgan fingerprint density at radius 3 is 2.86 bits per heavy atom. The van der Waals surface area contributed by atoms with Gasteiger partial charge in [0.15, 0.2) is 11.8 Å². The van der Waals surface area contributed by atoms with Crippen molar-refractivity contribution in [3.8, 4) is 6.01 Å². The second-order valence-corrected chi connectivity index (χ2v) is 8.04. The number of rotatable bonds is 10. The Labute approximate surface area is 210 Å². The summed E-state index contributed by atoms with van der Waals surface area (Å²) in [7, 11) is 0. The van der Waals surface area contributed by atoms with E-state index in [1.165, 1.54) is 6.92 Å². The second-order valence-electron chi connectivity index (χ2n) is 7.61. The van der Waals surface area contributed by atoms with Gasteiger partial charge >= 0.3 is 6.01 Å². The number of hydrogen-bond acceptors (Lipinski definition) is 9. The van der Waals surface area contributed by atoms with Gasteiger partial charge in [0.1, 0.15) is 12.4 Å². The van der Waals surface area contributed by atoms with E-state index in [0.29, 0.717) is 43.1 Å². The number of amides is 1. The van der Waals surface area contributed by atoms with Crippen LogP contribution in [-0.2, 0) is 9.53 Å². The number of guanidine groups is 1. The third kappa shape index (κ3) is 9.38. The molecule has 1 aliphatic rings. The molecule has 0 atom stereocenters. The predicted octanol–water partition coefficient (Wildman–Crippen LogP) is 2.28. The van der Waals surface area contributed by atoms with Crippen LogP contribution in [0.1, 0.15) is 25.8 Å². The molecule has 11 nitrogen and oxygen atoms in total. The highest BCUT2D eigenvalue weighted by Gasteiger charge is 2.15. The van der Waals surface area contributed by atoms with E-state index < -0.39 is 0 Å². The van der Waals surface area contributed by atoms with Crippen molar-refractivity contribution in [3.63, 3.8) is 0 Å². The van der Waals surface area contributed by atoms with Crippen molar-refractivity contribution in [3.05, 3.63) is 40.9 Å². The number of carbonyl (C=O) groups excluding carboxylic acids is 1. The first kappa shape index (κ1) is 26.2. The summed E-state index contributed by atoms with van der Waals surface area (Å²) in [6, 6.07) is 9.40. The largest absolute Gasteiger partial charge is 0.461 e. The van der Waals surface area contributed by atoms with Crippen molar-refractivity contribution in [1.29, 1.82) is 0 Å². The van der Waals surface area contributed by atoms with Gasteiger partial charge in [-0.3, -0.25) is 20.5 Å². The van der Waals surface area contributed by atoms with Gasteiger partial charge in [-0.15, -0.1) is 0 Å². The lowest BCUT2D eigenvalue weighted by molar-refractivity contribution is -0.117. The van der Waals surface area contributed by atoms with Crippen molar-refractivity contribution < 1.29 is 14.3 Å². The third-order valence-corrected chi connectivity index (χ3v) is 4.92. The number of hydrogen-bond donors (Lipinski definition) is 3. The molecule has 1 aliphatic heterocycles. The predicted molar refractivity (Wildman–Crippen MR) is 138 cm³/mol. The molecular formula is C23H31ClN8O3. The van der Waals surface area contributed by atoms with Gasteiger partial charge in [0, 0.05) is 37.6 Å². The average Bonchev–Trinajstić information content (AvgIpc) is 2.85. The van der Waals surface area contributed by atoms with Gasteiger partial charge in [-0.1, -0.05) is 30.7 Å². The van der Waals surface area contributed by atoms with Crippen LogP contribution in [0.4, 0.5) is 11.6 Å².